The predicted octanol–water partition coefficient (Wildman–Crippen LogP) is 3.86. The molecule has 0 radical (unpaired) electrons. The van der Waals surface area contributed by atoms with Gasteiger partial charge in [0, 0.05) is 41.4 Å². The van der Waals surface area contributed by atoms with Crippen LogP contribution in [0.1, 0.15) is 46.0 Å². The molecule has 0 saturated heterocycles. The third-order valence-corrected chi connectivity index (χ3v) is 8.54. The fourth-order valence-electron chi connectivity index (χ4n) is 3.75. The van der Waals surface area contributed by atoms with E-state index in [4.69, 9.17) is 34.4 Å². The van der Waals surface area contributed by atoms with Crippen molar-refractivity contribution in [2.75, 3.05) is 41.4 Å². The van der Waals surface area contributed by atoms with E-state index in [1.54, 1.807) is 35.5 Å². The average Bonchev–Trinajstić information content (AvgIpc) is 2.58. The molecule has 0 bridgehead atoms. The zero-order valence-corrected chi connectivity index (χ0v) is 17.6. The number of alkyl halides is 1. The van der Waals surface area contributed by atoms with Gasteiger partial charge in [0.2, 0.25) is 0 Å². The first-order valence-electron chi connectivity index (χ1n) is 8.30. The van der Waals surface area contributed by atoms with Crippen molar-refractivity contribution in [1.29, 1.82) is 0 Å². The lowest BCUT2D eigenvalue weighted by atomic mass is 9.86. The molecule has 5 nitrogen and oxygen atoms in total. The molecular formula is C16H35ClO5Si. The van der Waals surface area contributed by atoms with Gasteiger partial charge in [-0.15, -0.1) is 11.6 Å². The summed E-state index contributed by atoms with van der Waals surface area (Å²) in [6.07, 6.45) is 4.10. The van der Waals surface area contributed by atoms with Crippen LogP contribution < -0.4 is 0 Å². The molecule has 23 heavy (non-hydrogen) atoms. The highest BCUT2D eigenvalue weighted by atomic mass is 35.5. The first kappa shape index (κ1) is 23.3. The Hall–Kier alpha value is 0.307. The van der Waals surface area contributed by atoms with Gasteiger partial charge in [-0.1, -0.05) is 26.7 Å². The third-order valence-electron chi connectivity index (χ3n) is 4.70. The van der Waals surface area contributed by atoms with E-state index in [1.807, 2.05) is 0 Å². The molecule has 2 unspecified atom stereocenters. The Balaban J connectivity index is 6.32. The Labute approximate surface area is 148 Å². The van der Waals surface area contributed by atoms with Crippen molar-refractivity contribution in [3.8, 4) is 0 Å². The first-order chi connectivity index (χ1) is 11.0. The molecule has 0 aliphatic carbocycles. The van der Waals surface area contributed by atoms with Gasteiger partial charge in [0.15, 0.2) is 0 Å². The maximum Gasteiger partial charge on any atom is 0.512 e. The SMILES string of the molecule is CCCC(OC)C(CCCl)(C(CCC)OC)[Si](OC)(OC)OC. The molecule has 0 spiro atoms. The summed E-state index contributed by atoms with van der Waals surface area (Å²) < 4.78 is 29.5. The maximum absolute atomic E-state index is 6.21. The number of hydrogen-bond acceptors (Lipinski definition) is 5. The Morgan fingerprint density at radius 2 is 1.22 bits per heavy atom. The summed E-state index contributed by atoms with van der Waals surface area (Å²) in [6, 6.07) is 0. The molecule has 0 aliphatic heterocycles. The van der Waals surface area contributed by atoms with E-state index in [-0.39, 0.29) is 12.2 Å². The van der Waals surface area contributed by atoms with Gasteiger partial charge in [-0.25, -0.2) is 0 Å². The molecule has 0 rings (SSSR count). The lowest BCUT2D eigenvalue weighted by molar-refractivity contribution is -0.0720. The largest absolute Gasteiger partial charge is 0.512 e. The van der Waals surface area contributed by atoms with Crippen LogP contribution in [0.5, 0.6) is 0 Å². The molecule has 0 aliphatic rings. The molecule has 0 heterocycles. The summed E-state index contributed by atoms with van der Waals surface area (Å²) >= 11 is 6.21. The van der Waals surface area contributed by atoms with E-state index in [0.29, 0.717) is 12.3 Å². The van der Waals surface area contributed by atoms with Crippen molar-refractivity contribution in [2.24, 2.45) is 0 Å². The maximum atomic E-state index is 6.21. The number of rotatable bonds is 14. The van der Waals surface area contributed by atoms with Gasteiger partial charge in [0.25, 0.3) is 0 Å². The second-order valence-electron chi connectivity index (χ2n) is 5.67. The van der Waals surface area contributed by atoms with Crippen molar-refractivity contribution in [3.05, 3.63) is 0 Å². The van der Waals surface area contributed by atoms with Gasteiger partial charge in [-0.05, 0) is 19.3 Å². The summed E-state index contributed by atoms with van der Waals surface area (Å²) in [5.41, 5.74) is 0. The van der Waals surface area contributed by atoms with Gasteiger partial charge < -0.3 is 22.8 Å². The van der Waals surface area contributed by atoms with Crippen LogP contribution in [0.4, 0.5) is 0 Å². The molecule has 0 amide bonds. The van der Waals surface area contributed by atoms with Crippen LogP contribution in [-0.2, 0) is 22.8 Å². The van der Waals surface area contributed by atoms with Gasteiger partial charge in [-0.2, -0.15) is 0 Å². The highest BCUT2D eigenvalue weighted by Crippen LogP contribution is 2.53. The molecule has 0 N–H and O–H groups in total. The van der Waals surface area contributed by atoms with E-state index in [1.165, 1.54) is 0 Å². The van der Waals surface area contributed by atoms with Crippen molar-refractivity contribution in [3.63, 3.8) is 0 Å². The lowest BCUT2D eigenvalue weighted by Crippen LogP contribution is -2.64. The zero-order chi connectivity index (χ0) is 17.9. The number of hydrogen-bond donors (Lipinski definition) is 0. The van der Waals surface area contributed by atoms with Crippen LogP contribution in [-0.4, -0.2) is 62.4 Å². The summed E-state index contributed by atoms with van der Waals surface area (Å²) in [5, 5.41) is -0.553. The second kappa shape index (κ2) is 11.8. The first-order valence-corrected chi connectivity index (χ1v) is 10.6. The average molecular weight is 371 g/mol. The van der Waals surface area contributed by atoms with Gasteiger partial charge in [0.1, 0.15) is 0 Å². The molecular weight excluding hydrogens is 336 g/mol. The summed E-state index contributed by atoms with van der Waals surface area (Å²) in [6.45, 7) is 4.27. The van der Waals surface area contributed by atoms with Crippen LogP contribution in [0.25, 0.3) is 0 Å². The van der Waals surface area contributed by atoms with E-state index < -0.39 is 13.8 Å². The highest BCUT2D eigenvalue weighted by molar-refractivity contribution is 6.64. The zero-order valence-electron chi connectivity index (χ0n) is 15.8. The van der Waals surface area contributed by atoms with E-state index in [2.05, 4.69) is 13.8 Å². The third kappa shape index (κ3) is 4.69. The Morgan fingerprint density at radius 3 is 1.43 bits per heavy atom. The second-order valence-corrected chi connectivity index (χ2v) is 9.32. The Kier molecular flexibility index (Phi) is 11.9. The minimum absolute atomic E-state index is 0.116. The fourth-order valence-corrected chi connectivity index (χ4v) is 7.60. The topological polar surface area (TPSA) is 46.2 Å². The van der Waals surface area contributed by atoms with Gasteiger partial charge in [-0.3, -0.25) is 0 Å². The highest BCUT2D eigenvalue weighted by Gasteiger charge is 2.67. The summed E-state index contributed by atoms with van der Waals surface area (Å²) in [7, 11) is 5.27. The fraction of sp³-hybridized carbons (Fsp3) is 1.00. The number of methoxy groups -OCH3 is 2. The molecule has 0 aromatic rings. The summed E-state index contributed by atoms with van der Waals surface area (Å²) in [5.74, 6) is 0.456. The molecule has 2 atom stereocenters. The van der Waals surface area contributed by atoms with Crippen molar-refractivity contribution in [1.82, 2.24) is 0 Å². The van der Waals surface area contributed by atoms with Crippen molar-refractivity contribution < 1.29 is 22.8 Å². The number of halogens is 1. The van der Waals surface area contributed by atoms with Crippen LogP contribution in [0.2, 0.25) is 5.04 Å². The lowest BCUT2D eigenvalue weighted by Gasteiger charge is -2.51. The standard InChI is InChI=1S/C16H35ClO5Si/c1-8-10-14(18-3)16(12-13-17,15(19-4)11-9-2)23(20-5,21-6)22-7/h14-15H,8-13H2,1-7H3. The van der Waals surface area contributed by atoms with Crippen LogP contribution in [0.15, 0.2) is 0 Å². The minimum Gasteiger partial charge on any atom is -0.381 e. The molecule has 7 heteroatoms. The van der Waals surface area contributed by atoms with Crippen molar-refractivity contribution >= 4 is 20.4 Å². The van der Waals surface area contributed by atoms with E-state index in [0.717, 1.165) is 25.7 Å². The summed E-state index contributed by atoms with van der Waals surface area (Å²) in [4.78, 5) is 0. The molecule has 0 fully saturated rings. The molecule has 0 saturated carbocycles. The van der Waals surface area contributed by atoms with Crippen molar-refractivity contribution in [2.45, 2.75) is 63.2 Å². The Bertz CT molecular complexity index is 280. The van der Waals surface area contributed by atoms with E-state index >= 15 is 0 Å². The molecule has 140 valence electrons. The normalized spacial score (nSPS) is 17.7. The Morgan fingerprint density at radius 1 is 0.826 bits per heavy atom. The molecule has 0 aromatic carbocycles. The molecule has 0 aromatic heterocycles. The van der Waals surface area contributed by atoms with Crippen LogP contribution >= 0.6 is 11.6 Å². The quantitative estimate of drug-likeness (QED) is 0.343. The van der Waals surface area contributed by atoms with Crippen LogP contribution in [0, 0.1) is 0 Å². The smallest absolute Gasteiger partial charge is 0.381 e. The predicted molar refractivity (Wildman–Crippen MR) is 96.2 cm³/mol. The van der Waals surface area contributed by atoms with Gasteiger partial charge >= 0.3 is 8.80 Å². The minimum atomic E-state index is -3.10. The monoisotopic (exact) mass is 370 g/mol. The van der Waals surface area contributed by atoms with Gasteiger partial charge in [0.05, 0.1) is 17.2 Å². The number of ether oxygens (including phenoxy) is 2. The van der Waals surface area contributed by atoms with E-state index in [9.17, 15) is 0 Å². The van der Waals surface area contributed by atoms with Crippen LogP contribution in [0.3, 0.4) is 0 Å².